The van der Waals surface area contributed by atoms with E-state index in [0.29, 0.717) is 0 Å². The minimum atomic E-state index is -0.177. The summed E-state index contributed by atoms with van der Waals surface area (Å²) in [7, 11) is 0. The molecular formula is C15H21ClN2O. The Morgan fingerprint density at radius 2 is 1.89 bits per heavy atom. The van der Waals surface area contributed by atoms with Crippen molar-refractivity contribution in [1.29, 1.82) is 0 Å². The van der Waals surface area contributed by atoms with E-state index in [2.05, 4.69) is 5.32 Å². The van der Waals surface area contributed by atoms with Crippen molar-refractivity contribution in [2.24, 2.45) is 0 Å². The van der Waals surface area contributed by atoms with E-state index in [4.69, 9.17) is 11.6 Å². The lowest BCUT2D eigenvalue weighted by Gasteiger charge is -2.24. The van der Waals surface area contributed by atoms with Crippen LogP contribution in [0.4, 0.5) is 0 Å². The van der Waals surface area contributed by atoms with E-state index in [-0.39, 0.29) is 18.0 Å². The number of carbonyl (C=O) groups excluding carboxylic acids is 1. The van der Waals surface area contributed by atoms with Crippen LogP contribution in [0.15, 0.2) is 24.3 Å². The molecule has 2 atom stereocenters. The Morgan fingerprint density at radius 3 is 2.53 bits per heavy atom. The molecule has 4 heteroatoms. The van der Waals surface area contributed by atoms with Gasteiger partial charge in [-0.1, -0.05) is 29.8 Å². The van der Waals surface area contributed by atoms with E-state index >= 15 is 0 Å². The largest absolute Gasteiger partial charge is 0.341 e. The zero-order valence-corrected chi connectivity index (χ0v) is 12.3. The fourth-order valence-corrected chi connectivity index (χ4v) is 2.87. The molecule has 0 aliphatic carbocycles. The van der Waals surface area contributed by atoms with Crippen molar-refractivity contribution in [3.63, 3.8) is 0 Å². The first-order valence-electron chi connectivity index (χ1n) is 6.89. The molecule has 2 rings (SSSR count). The molecule has 1 fully saturated rings. The molecule has 1 heterocycles. The molecule has 104 valence electrons. The molecule has 19 heavy (non-hydrogen) atoms. The first-order valence-corrected chi connectivity index (χ1v) is 7.26. The number of nitrogens with one attached hydrogen (secondary N) is 1. The fourth-order valence-electron chi connectivity index (χ4n) is 2.57. The highest BCUT2D eigenvalue weighted by atomic mass is 35.5. The third kappa shape index (κ3) is 3.48. The SMILES string of the molecule is CC(N[C@@H](C)c1ccccc1Cl)C(=O)N1CCCC1. The van der Waals surface area contributed by atoms with Crippen LogP contribution in [0.1, 0.15) is 38.3 Å². The number of likely N-dealkylation sites (tertiary alicyclic amines) is 1. The third-order valence-corrected chi connectivity index (χ3v) is 4.00. The summed E-state index contributed by atoms with van der Waals surface area (Å²) >= 11 is 6.17. The highest BCUT2D eigenvalue weighted by molar-refractivity contribution is 6.31. The predicted octanol–water partition coefficient (Wildman–Crippen LogP) is 3.00. The third-order valence-electron chi connectivity index (χ3n) is 3.66. The molecule has 1 aliphatic rings. The summed E-state index contributed by atoms with van der Waals surface area (Å²) in [5.41, 5.74) is 1.03. The van der Waals surface area contributed by atoms with Gasteiger partial charge in [0.2, 0.25) is 5.91 Å². The Bertz CT molecular complexity index is 444. The maximum Gasteiger partial charge on any atom is 0.239 e. The van der Waals surface area contributed by atoms with E-state index in [9.17, 15) is 4.79 Å². The quantitative estimate of drug-likeness (QED) is 0.920. The molecule has 1 amide bonds. The minimum absolute atomic E-state index is 0.0650. The van der Waals surface area contributed by atoms with Crippen molar-refractivity contribution in [3.8, 4) is 0 Å². The zero-order valence-electron chi connectivity index (χ0n) is 11.5. The molecule has 0 saturated carbocycles. The Hall–Kier alpha value is -1.06. The molecule has 0 spiro atoms. The molecule has 1 N–H and O–H groups in total. The van der Waals surface area contributed by atoms with Crippen molar-refractivity contribution in [2.45, 2.75) is 38.8 Å². The van der Waals surface area contributed by atoms with Crippen molar-refractivity contribution < 1.29 is 4.79 Å². The van der Waals surface area contributed by atoms with Gasteiger partial charge in [0, 0.05) is 24.2 Å². The van der Waals surface area contributed by atoms with Crippen LogP contribution in [0.25, 0.3) is 0 Å². The molecule has 1 aromatic rings. The first kappa shape index (κ1) is 14.4. The topological polar surface area (TPSA) is 32.3 Å². The van der Waals surface area contributed by atoms with E-state index in [1.807, 2.05) is 43.0 Å². The highest BCUT2D eigenvalue weighted by Crippen LogP contribution is 2.22. The molecule has 1 aliphatic heterocycles. The van der Waals surface area contributed by atoms with Crippen molar-refractivity contribution in [2.75, 3.05) is 13.1 Å². The minimum Gasteiger partial charge on any atom is -0.341 e. The first-order chi connectivity index (χ1) is 9.09. The zero-order chi connectivity index (χ0) is 13.8. The van der Waals surface area contributed by atoms with Crippen molar-refractivity contribution in [3.05, 3.63) is 34.9 Å². The summed E-state index contributed by atoms with van der Waals surface area (Å²) in [6.45, 7) is 5.75. The molecule has 0 bridgehead atoms. The molecule has 0 aromatic heterocycles. The number of hydrogen-bond acceptors (Lipinski definition) is 2. The van der Waals surface area contributed by atoms with Gasteiger partial charge in [0.05, 0.1) is 6.04 Å². The van der Waals surface area contributed by atoms with Gasteiger partial charge < -0.3 is 4.90 Å². The van der Waals surface area contributed by atoms with Gasteiger partial charge in [-0.05, 0) is 38.3 Å². The van der Waals surface area contributed by atoms with Crippen molar-refractivity contribution >= 4 is 17.5 Å². The summed E-state index contributed by atoms with van der Waals surface area (Å²) in [6, 6.07) is 7.64. The Kier molecular flexibility index (Phi) is 4.83. The maximum absolute atomic E-state index is 12.2. The van der Waals surface area contributed by atoms with Crippen LogP contribution in [0.5, 0.6) is 0 Å². The summed E-state index contributed by atoms with van der Waals surface area (Å²) in [6.07, 6.45) is 2.25. The molecule has 3 nitrogen and oxygen atoms in total. The van der Waals surface area contributed by atoms with Crippen LogP contribution in [-0.4, -0.2) is 29.9 Å². The lowest BCUT2D eigenvalue weighted by molar-refractivity contribution is -0.132. The van der Waals surface area contributed by atoms with E-state index in [1.54, 1.807) is 0 Å². The van der Waals surface area contributed by atoms with Gasteiger partial charge in [-0.3, -0.25) is 10.1 Å². The number of nitrogens with zero attached hydrogens (tertiary/aromatic N) is 1. The Labute approximate surface area is 119 Å². The Balaban J connectivity index is 1.96. The maximum atomic E-state index is 12.2. The molecular weight excluding hydrogens is 260 g/mol. The lowest BCUT2D eigenvalue weighted by Crippen LogP contribution is -2.44. The smallest absolute Gasteiger partial charge is 0.239 e. The second-order valence-corrected chi connectivity index (χ2v) is 5.57. The lowest BCUT2D eigenvalue weighted by atomic mass is 10.1. The van der Waals surface area contributed by atoms with Crippen LogP contribution >= 0.6 is 11.6 Å². The molecule has 0 radical (unpaired) electrons. The van der Waals surface area contributed by atoms with Crippen LogP contribution in [0.3, 0.4) is 0 Å². The average molecular weight is 281 g/mol. The fraction of sp³-hybridized carbons (Fsp3) is 0.533. The van der Waals surface area contributed by atoms with Crippen LogP contribution in [0, 0.1) is 0 Å². The monoisotopic (exact) mass is 280 g/mol. The summed E-state index contributed by atoms with van der Waals surface area (Å²) in [4.78, 5) is 14.2. The van der Waals surface area contributed by atoms with E-state index in [1.165, 1.54) is 0 Å². The number of halogens is 1. The van der Waals surface area contributed by atoms with Crippen LogP contribution in [0.2, 0.25) is 5.02 Å². The Morgan fingerprint density at radius 1 is 1.26 bits per heavy atom. The standard InChI is InChI=1S/C15H21ClN2O/c1-11(13-7-3-4-8-14(13)16)17-12(2)15(19)18-9-5-6-10-18/h3-4,7-8,11-12,17H,5-6,9-10H2,1-2H3/t11-,12?/m0/s1. The van der Waals surface area contributed by atoms with E-state index < -0.39 is 0 Å². The van der Waals surface area contributed by atoms with Gasteiger partial charge >= 0.3 is 0 Å². The number of benzene rings is 1. The second kappa shape index (κ2) is 6.40. The van der Waals surface area contributed by atoms with E-state index in [0.717, 1.165) is 36.5 Å². The van der Waals surface area contributed by atoms with Gasteiger partial charge in [0.15, 0.2) is 0 Å². The number of amides is 1. The average Bonchev–Trinajstić information content (AvgIpc) is 2.92. The number of rotatable bonds is 4. The number of carbonyl (C=O) groups is 1. The van der Waals surface area contributed by atoms with Crippen molar-refractivity contribution in [1.82, 2.24) is 10.2 Å². The normalized spacial score (nSPS) is 18.4. The van der Waals surface area contributed by atoms with Gasteiger partial charge in [-0.25, -0.2) is 0 Å². The summed E-state index contributed by atoms with van der Waals surface area (Å²) in [5, 5.41) is 4.08. The van der Waals surface area contributed by atoms with Gasteiger partial charge in [0.25, 0.3) is 0 Å². The molecule has 1 unspecified atom stereocenters. The molecule has 1 saturated heterocycles. The number of hydrogen-bond donors (Lipinski definition) is 1. The molecule has 1 aromatic carbocycles. The van der Waals surface area contributed by atoms with Crippen LogP contribution < -0.4 is 5.32 Å². The van der Waals surface area contributed by atoms with Gasteiger partial charge in [-0.2, -0.15) is 0 Å². The summed E-state index contributed by atoms with van der Waals surface area (Å²) < 4.78 is 0. The van der Waals surface area contributed by atoms with Gasteiger partial charge in [-0.15, -0.1) is 0 Å². The second-order valence-electron chi connectivity index (χ2n) is 5.16. The highest BCUT2D eigenvalue weighted by Gasteiger charge is 2.24. The predicted molar refractivity (Wildman–Crippen MR) is 78.3 cm³/mol. The summed E-state index contributed by atoms with van der Waals surface area (Å²) in [5.74, 6) is 0.191. The van der Waals surface area contributed by atoms with Crippen LogP contribution in [-0.2, 0) is 4.79 Å². The van der Waals surface area contributed by atoms with Gasteiger partial charge in [0.1, 0.15) is 0 Å².